The number of carbonyl (C=O) groups excluding carboxylic acids is 1. The summed E-state index contributed by atoms with van der Waals surface area (Å²) in [5.41, 5.74) is 1.15. The maximum atomic E-state index is 12.7. The second-order valence-corrected chi connectivity index (χ2v) is 7.70. The summed E-state index contributed by atoms with van der Waals surface area (Å²) in [4.78, 5) is 38.1. The SMILES string of the molecule is Cc1c(C(=O)Nc2ccc(-c3nc4ccccc4s3)cc2)cc([N+](=O)[O-])cc1[N+](=O)[O-]. The normalized spacial score (nSPS) is 10.7. The lowest BCUT2D eigenvalue weighted by Crippen LogP contribution is -2.14. The fraction of sp³-hybridized carbons (Fsp3) is 0.0476. The molecule has 3 aromatic carbocycles. The number of rotatable bonds is 5. The van der Waals surface area contributed by atoms with Crippen LogP contribution in [0, 0.1) is 27.2 Å². The highest BCUT2D eigenvalue weighted by molar-refractivity contribution is 7.21. The van der Waals surface area contributed by atoms with Crippen LogP contribution in [0.4, 0.5) is 17.1 Å². The number of aromatic nitrogens is 1. The largest absolute Gasteiger partial charge is 0.322 e. The van der Waals surface area contributed by atoms with Crippen molar-refractivity contribution in [2.45, 2.75) is 6.92 Å². The highest BCUT2D eigenvalue weighted by Crippen LogP contribution is 2.31. The third kappa shape index (κ3) is 3.96. The first-order chi connectivity index (χ1) is 14.8. The minimum Gasteiger partial charge on any atom is -0.322 e. The number of thiazole rings is 1. The molecule has 0 unspecified atom stereocenters. The first-order valence-corrected chi connectivity index (χ1v) is 9.86. The van der Waals surface area contributed by atoms with E-state index < -0.39 is 27.1 Å². The number of amides is 1. The molecule has 10 heteroatoms. The zero-order valence-corrected chi connectivity index (χ0v) is 16.9. The van der Waals surface area contributed by atoms with Gasteiger partial charge in [-0.25, -0.2) is 4.98 Å². The lowest BCUT2D eigenvalue weighted by molar-refractivity contribution is -0.394. The number of anilines is 1. The van der Waals surface area contributed by atoms with Crippen LogP contribution in [-0.2, 0) is 0 Å². The second-order valence-electron chi connectivity index (χ2n) is 6.67. The van der Waals surface area contributed by atoms with Crippen LogP contribution < -0.4 is 5.32 Å². The van der Waals surface area contributed by atoms with Crippen LogP contribution in [0.2, 0.25) is 0 Å². The Morgan fingerprint density at radius 3 is 2.35 bits per heavy atom. The number of carbonyl (C=O) groups is 1. The summed E-state index contributed by atoms with van der Waals surface area (Å²) >= 11 is 1.55. The molecule has 1 aromatic heterocycles. The Hall–Kier alpha value is -4.18. The van der Waals surface area contributed by atoms with Crippen molar-refractivity contribution in [1.82, 2.24) is 4.98 Å². The molecule has 0 aliphatic rings. The number of nitro benzene ring substituents is 2. The van der Waals surface area contributed by atoms with Crippen molar-refractivity contribution >= 4 is 44.5 Å². The van der Waals surface area contributed by atoms with Gasteiger partial charge in [-0.15, -0.1) is 11.3 Å². The Kier molecular flexibility index (Phi) is 5.14. The predicted molar refractivity (Wildman–Crippen MR) is 117 cm³/mol. The van der Waals surface area contributed by atoms with E-state index in [1.54, 1.807) is 35.6 Å². The summed E-state index contributed by atoms with van der Waals surface area (Å²) in [6, 6.07) is 16.6. The Bertz CT molecular complexity index is 1310. The summed E-state index contributed by atoms with van der Waals surface area (Å²) in [6.07, 6.45) is 0. The zero-order chi connectivity index (χ0) is 22.1. The van der Waals surface area contributed by atoms with Crippen molar-refractivity contribution in [3.8, 4) is 10.6 Å². The highest BCUT2D eigenvalue weighted by Gasteiger charge is 2.24. The average molecular weight is 434 g/mol. The molecule has 1 heterocycles. The van der Waals surface area contributed by atoms with Gasteiger partial charge in [0.1, 0.15) is 5.01 Å². The van der Waals surface area contributed by atoms with E-state index in [2.05, 4.69) is 10.3 Å². The molecule has 0 saturated carbocycles. The molecule has 0 spiro atoms. The zero-order valence-electron chi connectivity index (χ0n) is 16.1. The molecule has 154 valence electrons. The van der Waals surface area contributed by atoms with Crippen LogP contribution >= 0.6 is 11.3 Å². The third-order valence-corrected chi connectivity index (χ3v) is 5.79. The van der Waals surface area contributed by atoms with Crippen molar-refractivity contribution in [3.63, 3.8) is 0 Å². The third-order valence-electron chi connectivity index (χ3n) is 4.70. The molecule has 31 heavy (non-hydrogen) atoms. The number of hydrogen-bond donors (Lipinski definition) is 1. The van der Waals surface area contributed by atoms with Gasteiger partial charge in [0, 0.05) is 22.9 Å². The van der Waals surface area contributed by atoms with Crippen LogP contribution in [0.1, 0.15) is 15.9 Å². The highest BCUT2D eigenvalue weighted by atomic mass is 32.1. The first-order valence-electron chi connectivity index (χ1n) is 9.04. The fourth-order valence-corrected chi connectivity index (χ4v) is 4.08. The van der Waals surface area contributed by atoms with E-state index in [-0.39, 0.29) is 11.1 Å². The number of nitrogens with one attached hydrogen (secondary N) is 1. The maximum Gasteiger partial charge on any atom is 0.279 e. The summed E-state index contributed by atoms with van der Waals surface area (Å²) in [7, 11) is 0. The van der Waals surface area contributed by atoms with Crippen molar-refractivity contribution in [1.29, 1.82) is 0 Å². The van der Waals surface area contributed by atoms with Crippen molar-refractivity contribution < 1.29 is 14.6 Å². The first kappa shape index (κ1) is 20.1. The van der Waals surface area contributed by atoms with Gasteiger partial charge >= 0.3 is 0 Å². The molecular weight excluding hydrogens is 420 g/mol. The monoisotopic (exact) mass is 434 g/mol. The van der Waals surface area contributed by atoms with Crippen LogP contribution in [-0.4, -0.2) is 20.7 Å². The van der Waals surface area contributed by atoms with E-state index in [9.17, 15) is 25.0 Å². The Morgan fingerprint density at radius 2 is 1.71 bits per heavy atom. The number of nitrogens with zero attached hydrogens (tertiary/aromatic N) is 3. The van der Waals surface area contributed by atoms with E-state index in [0.717, 1.165) is 32.9 Å². The van der Waals surface area contributed by atoms with Gasteiger partial charge in [-0.2, -0.15) is 0 Å². The molecule has 0 fully saturated rings. The van der Waals surface area contributed by atoms with E-state index in [4.69, 9.17) is 0 Å². The van der Waals surface area contributed by atoms with Crippen LogP contribution in [0.5, 0.6) is 0 Å². The van der Waals surface area contributed by atoms with Gasteiger partial charge in [0.05, 0.1) is 31.7 Å². The molecule has 1 N–H and O–H groups in total. The van der Waals surface area contributed by atoms with Gasteiger partial charge in [0.25, 0.3) is 17.3 Å². The lowest BCUT2D eigenvalue weighted by Gasteiger charge is -2.09. The van der Waals surface area contributed by atoms with Crippen LogP contribution in [0.15, 0.2) is 60.7 Å². The number of nitro groups is 2. The number of fused-ring (bicyclic) bond motifs is 1. The number of benzene rings is 3. The van der Waals surface area contributed by atoms with Crippen molar-refractivity contribution in [2.24, 2.45) is 0 Å². The molecule has 0 bridgehead atoms. The molecule has 4 aromatic rings. The van der Waals surface area contributed by atoms with Gasteiger partial charge in [0.15, 0.2) is 0 Å². The second kappa shape index (κ2) is 7.92. The lowest BCUT2D eigenvalue weighted by atomic mass is 10.0. The fourth-order valence-electron chi connectivity index (χ4n) is 3.11. The summed E-state index contributed by atoms with van der Waals surface area (Å²) < 4.78 is 1.07. The van der Waals surface area contributed by atoms with E-state index in [1.807, 2.05) is 24.3 Å². The van der Waals surface area contributed by atoms with Crippen LogP contribution in [0.3, 0.4) is 0 Å². The van der Waals surface area contributed by atoms with Gasteiger partial charge in [-0.1, -0.05) is 12.1 Å². The molecule has 1 amide bonds. The Morgan fingerprint density at radius 1 is 1.00 bits per heavy atom. The Balaban J connectivity index is 1.60. The molecular formula is C21H14N4O5S. The van der Waals surface area contributed by atoms with E-state index in [1.165, 1.54) is 6.92 Å². The van der Waals surface area contributed by atoms with Crippen molar-refractivity contribution in [3.05, 3.63) is 92.0 Å². The number of non-ortho nitro benzene ring substituents is 1. The number of para-hydroxylation sites is 1. The molecule has 0 aliphatic heterocycles. The topological polar surface area (TPSA) is 128 Å². The van der Waals surface area contributed by atoms with Gasteiger partial charge in [0.2, 0.25) is 0 Å². The Labute approximate surface area is 179 Å². The van der Waals surface area contributed by atoms with E-state index in [0.29, 0.717) is 5.69 Å². The summed E-state index contributed by atoms with van der Waals surface area (Å²) in [5.74, 6) is -0.669. The molecule has 0 saturated heterocycles. The molecule has 0 aliphatic carbocycles. The van der Waals surface area contributed by atoms with Gasteiger partial charge in [-0.3, -0.25) is 25.0 Å². The molecule has 4 rings (SSSR count). The molecule has 0 atom stereocenters. The van der Waals surface area contributed by atoms with Crippen LogP contribution in [0.25, 0.3) is 20.8 Å². The van der Waals surface area contributed by atoms with Gasteiger partial charge in [-0.05, 0) is 43.3 Å². The average Bonchev–Trinajstić information content (AvgIpc) is 3.18. The smallest absolute Gasteiger partial charge is 0.279 e. The van der Waals surface area contributed by atoms with Crippen molar-refractivity contribution in [2.75, 3.05) is 5.32 Å². The quantitative estimate of drug-likeness (QED) is 0.333. The molecule has 9 nitrogen and oxygen atoms in total. The van der Waals surface area contributed by atoms with Gasteiger partial charge < -0.3 is 5.32 Å². The predicted octanol–water partition coefficient (Wildman–Crippen LogP) is 5.34. The minimum atomic E-state index is -0.768. The maximum absolute atomic E-state index is 12.7. The summed E-state index contributed by atoms with van der Waals surface area (Å²) in [5, 5.41) is 25.8. The van der Waals surface area contributed by atoms with E-state index >= 15 is 0 Å². The standard InChI is InChI=1S/C21H14N4O5S/c1-12-16(10-15(24(27)28)11-18(12)25(29)30)20(26)22-14-8-6-13(7-9-14)21-23-17-4-2-3-5-19(17)31-21/h2-11H,1H3,(H,22,26). The molecule has 0 radical (unpaired) electrons. The minimum absolute atomic E-state index is 0.0548. The number of hydrogen-bond acceptors (Lipinski definition) is 7. The summed E-state index contributed by atoms with van der Waals surface area (Å²) in [6.45, 7) is 1.38.